The van der Waals surface area contributed by atoms with Crippen LogP contribution in [0.1, 0.15) is 13.8 Å². The number of aliphatic carboxylic acids is 1. The van der Waals surface area contributed by atoms with Crippen LogP contribution in [0.25, 0.3) is 0 Å². The standard InChI is InChI=1S/C21H30O6Si/c1-10-11(2)18-16-15(17(10)26-18)19-12(6-7-13(22)23)14(20(16)27-19)21(24)25-8-9-28(3,4)5/h10-12,14-20H,8-9H2,1-5H3,(H,22,23). The lowest BCUT2D eigenvalue weighted by Crippen LogP contribution is -2.51. The fourth-order valence-corrected chi connectivity index (χ4v) is 6.45. The number of ether oxygens (including phenoxy) is 3. The summed E-state index contributed by atoms with van der Waals surface area (Å²) in [6.45, 7) is 11.5. The van der Waals surface area contributed by atoms with Gasteiger partial charge in [0.1, 0.15) is 0 Å². The van der Waals surface area contributed by atoms with Crippen molar-refractivity contribution in [2.24, 2.45) is 35.5 Å². The topological polar surface area (TPSA) is 82.1 Å². The van der Waals surface area contributed by atoms with Gasteiger partial charge in [-0.3, -0.25) is 4.79 Å². The van der Waals surface area contributed by atoms with Gasteiger partial charge in [-0.05, 0) is 17.9 Å². The average Bonchev–Trinajstić information content (AvgIpc) is 3.30. The van der Waals surface area contributed by atoms with Crippen molar-refractivity contribution >= 4 is 20.0 Å². The second-order valence-electron chi connectivity index (χ2n) is 10.1. The molecule has 4 aliphatic heterocycles. The molecule has 0 aromatic carbocycles. The molecule has 7 heteroatoms. The van der Waals surface area contributed by atoms with Crippen LogP contribution in [0.4, 0.5) is 0 Å². The molecule has 0 spiro atoms. The minimum absolute atomic E-state index is 0.102. The summed E-state index contributed by atoms with van der Waals surface area (Å²) in [5, 5.41) is 9.02. The number of carboxylic acid groups (broad SMARTS) is 1. The van der Waals surface area contributed by atoms with E-state index in [0.717, 1.165) is 6.04 Å². The van der Waals surface area contributed by atoms with Crippen LogP contribution in [-0.2, 0) is 23.8 Å². The number of fused-ring (bicyclic) bond motifs is 9. The molecule has 10 atom stereocenters. The van der Waals surface area contributed by atoms with Crippen molar-refractivity contribution in [2.45, 2.75) is 63.9 Å². The Balaban J connectivity index is 1.56. The molecule has 1 N–H and O–H groups in total. The first-order chi connectivity index (χ1) is 13.1. The summed E-state index contributed by atoms with van der Waals surface area (Å²) in [6.07, 6.45) is -0.322. The molecule has 6 nitrogen and oxygen atoms in total. The third-order valence-corrected chi connectivity index (χ3v) is 8.97. The normalized spacial score (nSPS) is 45.5. The zero-order valence-corrected chi connectivity index (χ0v) is 18.2. The highest BCUT2D eigenvalue weighted by molar-refractivity contribution is 6.76. The highest BCUT2D eigenvalue weighted by Gasteiger charge is 2.72. The molecule has 0 saturated carbocycles. The first kappa shape index (κ1) is 19.9. The maximum atomic E-state index is 13.0. The van der Waals surface area contributed by atoms with E-state index in [1.165, 1.54) is 0 Å². The summed E-state index contributed by atoms with van der Waals surface area (Å²) in [5.41, 5.74) is 0. The van der Waals surface area contributed by atoms with Crippen LogP contribution < -0.4 is 0 Å². The SMILES string of the molecule is CC1C(C)C2OC1C1C3OC(C(C(=O)OCC[Si](C)(C)C)C3C#CC(=O)O)C21. The van der Waals surface area contributed by atoms with Gasteiger partial charge in [0, 0.05) is 25.8 Å². The van der Waals surface area contributed by atoms with E-state index in [4.69, 9.17) is 19.3 Å². The lowest BCUT2D eigenvalue weighted by atomic mass is 9.59. The van der Waals surface area contributed by atoms with Gasteiger partial charge in [-0.15, -0.1) is 0 Å². The van der Waals surface area contributed by atoms with Crippen molar-refractivity contribution in [3.8, 4) is 11.8 Å². The van der Waals surface area contributed by atoms with E-state index in [1.54, 1.807) is 0 Å². The maximum Gasteiger partial charge on any atom is 0.381 e. The Morgan fingerprint density at radius 1 is 1.00 bits per heavy atom. The molecular formula is C21H30O6Si. The lowest BCUT2D eigenvalue weighted by molar-refractivity contribution is -0.152. The van der Waals surface area contributed by atoms with Gasteiger partial charge in [-0.25, -0.2) is 4.79 Å². The number of esters is 1. The highest BCUT2D eigenvalue weighted by atomic mass is 28.3. The van der Waals surface area contributed by atoms with Crippen LogP contribution in [-0.4, -0.2) is 56.1 Å². The van der Waals surface area contributed by atoms with Gasteiger partial charge in [0.05, 0.1) is 42.9 Å². The van der Waals surface area contributed by atoms with E-state index < -0.39 is 25.9 Å². The molecule has 4 fully saturated rings. The van der Waals surface area contributed by atoms with E-state index >= 15 is 0 Å². The van der Waals surface area contributed by atoms with Gasteiger partial charge in [0.25, 0.3) is 0 Å². The van der Waals surface area contributed by atoms with Crippen LogP contribution in [0.3, 0.4) is 0 Å². The molecule has 4 saturated heterocycles. The van der Waals surface area contributed by atoms with E-state index in [-0.39, 0.29) is 42.2 Å². The van der Waals surface area contributed by atoms with Crippen LogP contribution in [0.2, 0.25) is 25.7 Å². The fourth-order valence-electron chi connectivity index (χ4n) is 5.73. The Kier molecular flexibility index (Phi) is 4.88. The predicted molar refractivity (Wildman–Crippen MR) is 104 cm³/mol. The largest absolute Gasteiger partial charge is 0.472 e. The zero-order chi connectivity index (χ0) is 20.4. The van der Waals surface area contributed by atoms with Gasteiger partial charge in [-0.2, -0.15) is 0 Å². The zero-order valence-electron chi connectivity index (χ0n) is 17.2. The summed E-state index contributed by atoms with van der Waals surface area (Å²) in [5.74, 6) is 3.85. The Morgan fingerprint density at radius 2 is 1.57 bits per heavy atom. The van der Waals surface area contributed by atoms with Gasteiger partial charge in [0.2, 0.25) is 0 Å². The molecule has 28 heavy (non-hydrogen) atoms. The van der Waals surface area contributed by atoms with Crippen molar-refractivity contribution in [1.29, 1.82) is 0 Å². The molecule has 0 aromatic heterocycles. The van der Waals surface area contributed by atoms with E-state index in [2.05, 4.69) is 45.3 Å². The molecule has 4 rings (SSSR count). The molecule has 10 unspecified atom stereocenters. The molecule has 0 aromatic rings. The third-order valence-electron chi connectivity index (χ3n) is 7.27. The average molecular weight is 407 g/mol. The number of carbonyl (C=O) groups is 2. The lowest BCUT2D eigenvalue weighted by Gasteiger charge is -2.39. The molecule has 4 bridgehead atoms. The molecule has 154 valence electrons. The van der Waals surface area contributed by atoms with Gasteiger partial charge in [0.15, 0.2) is 0 Å². The van der Waals surface area contributed by atoms with Crippen LogP contribution in [0.5, 0.6) is 0 Å². The Morgan fingerprint density at radius 3 is 2.14 bits per heavy atom. The van der Waals surface area contributed by atoms with Crippen molar-refractivity contribution in [2.75, 3.05) is 6.61 Å². The Labute approximate surface area is 167 Å². The molecule has 0 amide bonds. The smallest absolute Gasteiger partial charge is 0.381 e. The molecular weight excluding hydrogens is 376 g/mol. The highest BCUT2D eigenvalue weighted by Crippen LogP contribution is 2.63. The van der Waals surface area contributed by atoms with Crippen molar-refractivity contribution in [1.82, 2.24) is 0 Å². The van der Waals surface area contributed by atoms with Gasteiger partial charge >= 0.3 is 11.9 Å². The van der Waals surface area contributed by atoms with Crippen LogP contribution in [0, 0.1) is 47.3 Å². The summed E-state index contributed by atoms with van der Waals surface area (Å²) in [7, 11) is -1.31. The number of hydrogen-bond acceptors (Lipinski definition) is 5. The molecule has 4 heterocycles. The summed E-state index contributed by atoms with van der Waals surface area (Å²) < 4.78 is 18.2. The van der Waals surface area contributed by atoms with Crippen molar-refractivity contribution < 1.29 is 28.9 Å². The fraction of sp³-hybridized carbons (Fsp3) is 0.810. The van der Waals surface area contributed by atoms with Crippen LogP contribution in [0.15, 0.2) is 0 Å². The van der Waals surface area contributed by atoms with E-state index in [9.17, 15) is 9.59 Å². The van der Waals surface area contributed by atoms with Crippen molar-refractivity contribution in [3.05, 3.63) is 0 Å². The summed E-state index contributed by atoms with van der Waals surface area (Å²) in [4.78, 5) is 24.0. The predicted octanol–water partition coefficient (Wildman–Crippen LogP) is 2.25. The first-order valence-corrected chi connectivity index (χ1v) is 14.0. The number of hydrogen-bond donors (Lipinski definition) is 1. The molecule has 4 aliphatic rings. The quantitative estimate of drug-likeness (QED) is 0.438. The van der Waals surface area contributed by atoms with Crippen LogP contribution >= 0.6 is 0 Å². The summed E-state index contributed by atoms with van der Waals surface area (Å²) in [6, 6.07) is 0.903. The Hall–Kier alpha value is -1.36. The Bertz CT molecular complexity index is 733. The summed E-state index contributed by atoms with van der Waals surface area (Å²) >= 11 is 0. The number of carbonyl (C=O) groups excluding carboxylic acids is 1. The van der Waals surface area contributed by atoms with Crippen molar-refractivity contribution in [3.63, 3.8) is 0 Å². The first-order valence-electron chi connectivity index (χ1n) is 10.3. The second kappa shape index (κ2) is 6.86. The van der Waals surface area contributed by atoms with E-state index in [1.807, 2.05) is 0 Å². The van der Waals surface area contributed by atoms with E-state index in [0.29, 0.717) is 18.4 Å². The molecule has 0 aliphatic carbocycles. The monoisotopic (exact) mass is 406 g/mol. The molecule has 0 radical (unpaired) electrons. The maximum absolute atomic E-state index is 13.0. The second-order valence-corrected chi connectivity index (χ2v) is 15.7. The minimum atomic E-state index is -1.31. The number of carboxylic acids is 1. The minimum Gasteiger partial charge on any atom is -0.472 e. The number of rotatable bonds is 4. The third kappa shape index (κ3) is 3.10. The van der Waals surface area contributed by atoms with Gasteiger partial charge in [-0.1, -0.05) is 39.4 Å². The van der Waals surface area contributed by atoms with Gasteiger partial charge < -0.3 is 19.3 Å².